The van der Waals surface area contributed by atoms with Gasteiger partial charge in [0.25, 0.3) is 0 Å². The van der Waals surface area contributed by atoms with Crippen LogP contribution in [0.15, 0.2) is 12.3 Å². The summed E-state index contributed by atoms with van der Waals surface area (Å²) in [6, 6.07) is 1.51. The van der Waals surface area contributed by atoms with Gasteiger partial charge in [0.15, 0.2) is 0 Å². The van der Waals surface area contributed by atoms with Gasteiger partial charge in [-0.1, -0.05) is 11.6 Å². The second-order valence-corrected chi connectivity index (χ2v) is 6.51. The summed E-state index contributed by atoms with van der Waals surface area (Å²) in [5, 5.41) is 3.30. The van der Waals surface area contributed by atoms with E-state index < -0.39 is 0 Å². The minimum atomic E-state index is -0.182. The normalized spacial score (nSPS) is 18.5. The highest BCUT2D eigenvalue weighted by Gasteiger charge is 2.34. The predicted molar refractivity (Wildman–Crippen MR) is 88.5 cm³/mol. The quantitative estimate of drug-likeness (QED) is 0.902. The lowest BCUT2D eigenvalue weighted by atomic mass is 10.3. The van der Waals surface area contributed by atoms with E-state index in [-0.39, 0.29) is 17.9 Å². The lowest BCUT2D eigenvalue weighted by molar-refractivity contribution is -0.132. The molecule has 0 bridgehead atoms. The van der Waals surface area contributed by atoms with E-state index in [1.807, 2.05) is 4.90 Å². The van der Waals surface area contributed by atoms with Crippen molar-refractivity contribution in [1.29, 1.82) is 0 Å². The molecule has 1 aromatic heterocycles. The molecule has 1 saturated carbocycles. The Kier molecular flexibility index (Phi) is 4.71. The summed E-state index contributed by atoms with van der Waals surface area (Å²) < 4.78 is 0. The minimum absolute atomic E-state index is 0.182. The van der Waals surface area contributed by atoms with Crippen molar-refractivity contribution in [1.82, 2.24) is 14.8 Å². The van der Waals surface area contributed by atoms with E-state index >= 15 is 0 Å². The van der Waals surface area contributed by atoms with Gasteiger partial charge in [0.2, 0.25) is 5.91 Å². The zero-order chi connectivity index (χ0) is 16.4. The molecule has 2 heterocycles. The fraction of sp³-hybridized carbons (Fsp3) is 0.562. The zero-order valence-electron chi connectivity index (χ0n) is 13.2. The smallest absolute Gasteiger partial charge is 0.321 e. The molecule has 0 aromatic carbocycles. The number of hydrogen-bond acceptors (Lipinski definition) is 3. The second-order valence-electron chi connectivity index (χ2n) is 6.13. The fourth-order valence-corrected chi connectivity index (χ4v) is 2.93. The number of nitrogens with one attached hydrogen (secondary N) is 1. The molecule has 1 aliphatic carbocycles. The third-order valence-electron chi connectivity index (χ3n) is 4.33. The number of nitrogens with zero attached hydrogens (tertiary/aromatic N) is 3. The molecule has 23 heavy (non-hydrogen) atoms. The van der Waals surface area contributed by atoms with Crippen molar-refractivity contribution in [3.8, 4) is 0 Å². The summed E-state index contributed by atoms with van der Waals surface area (Å²) in [5.41, 5.74) is 1.25. The van der Waals surface area contributed by atoms with Crippen molar-refractivity contribution in [2.24, 2.45) is 5.92 Å². The van der Waals surface area contributed by atoms with Gasteiger partial charge in [0.05, 0.1) is 16.4 Å². The van der Waals surface area contributed by atoms with Crippen LogP contribution >= 0.6 is 11.6 Å². The van der Waals surface area contributed by atoms with Gasteiger partial charge in [-0.3, -0.25) is 9.78 Å². The molecule has 0 radical (unpaired) electrons. The van der Waals surface area contributed by atoms with E-state index in [0.717, 1.165) is 25.8 Å². The molecule has 2 aliphatic rings. The fourth-order valence-electron chi connectivity index (χ4n) is 2.77. The number of aryl methyl sites for hydroxylation is 1. The SMILES string of the molecule is Cc1nccc(NC(=O)N2CCCN(C(=O)C3CC3)CC2)c1Cl. The van der Waals surface area contributed by atoms with Crippen LogP contribution in [0.2, 0.25) is 5.02 Å². The van der Waals surface area contributed by atoms with E-state index in [1.54, 1.807) is 24.1 Å². The molecule has 6 nitrogen and oxygen atoms in total. The lowest BCUT2D eigenvalue weighted by Gasteiger charge is -2.22. The summed E-state index contributed by atoms with van der Waals surface area (Å²) in [6.45, 7) is 4.32. The monoisotopic (exact) mass is 336 g/mol. The maximum atomic E-state index is 12.4. The van der Waals surface area contributed by atoms with Gasteiger partial charge >= 0.3 is 6.03 Å². The molecule has 1 aromatic rings. The third-order valence-corrected chi connectivity index (χ3v) is 4.80. The number of hydrogen-bond donors (Lipinski definition) is 1. The van der Waals surface area contributed by atoms with Crippen LogP contribution in [0.1, 0.15) is 25.0 Å². The average Bonchev–Trinajstić information content (AvgIpc) is 3.37. The number of aromatic nitrogens is 1. The van der Waals surface area contributed by atoms with E-state index in [4.69, 9.17) is 11.6 Å². The number of anilines is 1. The molecule has 0 atom stereocenters. The third kappa shape index (κ3) is 3.75. The summed E-state index contributed by atoms with van der Waals surface area (Å²) >= 11 is 6.17. The van der Waals surface area contributed by atoms with Crippen molar-refractivity contribution in [3.63, 3.8) is 0 Å². The van der Waals surface area contributed by atoms with Crippen LogP contribution in [-0.4, -0.2) is 52.9 Å². The first-order chi connectivity index (χ1) is 11.1. The van der Waals surface area contributed by atoms with Crippen LogP contribution in [-0.2, 0) is 4.79 Å². The standard InChI is InChI=1S/C16H21ClN4O2/c1-11-14(17)13(5-6-18-11)19-16(23)21-8-2-7-20(9-10-21)15(22)12-3-4-12/h5-6,12H,2-4,7-10H2,1H3,(H,18,19,23). The van der Waals surface area contributed by atoms with Crippen molar-refractivity contribution in [3.05, 3.63) is 23.0 Å². The molecule has 2 fully saturated rings. The van der Waals surface area contributed by atoms with E-state index in [9.17, 15) is 9.59 Å². The topological polar surface area (TPSA) is 65.5 Å². The molecule has 1 saturated heterocycles. The molecule has 0 unspecified atom stereocenters. The highest BCUT2D eigenvalue weighted by molar-refractivity contribution is 6.34. The molecular formula is C16H21ClN4O2. The number of halogens is 1. The Hall–Kier alpha value is -1.82. The van der Waals surface area contributed by atoms with Crippen LogP contribution in [0, 0.1) is 12.8 Å². The Morgan fingerprint density at radius 1 is 1.22 bits per heavy atom. The molecule has 3 amide bonds. The Balaban J connectivity index is 1.59. The second kappa shape index (κ2) is 6.74. The Morgan fingerprint density at radius 3 is 2.65 bits per heavy atom. The van der Waals surface area contributed by atoms with Crippen LogP contribution in [0.4, 0.5) is 10.5 Å². The van der Waals surface area contributed by atoms with Gasteiger partial charge in [0.1, 0.15) is 0 Å². The average molecular weight is 337 g/mol. The molecule has 1 aliphatic heterocycles. The lowest BCUT2D eigenvalue weighted by Crippen LogP contribution is -2.39. The Labute approximate surface area is 140 Å². The Morgan fingerprint density at radius 2 is 1.91 bits per heavy atom. The van der Waals surface area contributed by atoms with Gasteiger partial charge in [-0.25, -0.2) is 4.79 Å². The minimum Gasteiger partial charge on any atom is -0.341 e. The number of pyridine rings is 1. The molecule has 7 heteroatoms. The predicted octanol–water partition coefficient (Wildman–Crippen LogP) is 2.52. The number of urea groups is 1. The largest absolute Gasteiger partial charge is 0.341 e. The first-order valence-electron chi connectivity index (χ1n) is 8.02. The van der Waals surface area contributed by atoms with Crippen molar-refractivity contribution in [2.45, 2.75) is 26.2 Å². The Bertz CT molecular complexity index is 618. The molecule has 0 spiro atoms. The number of amides is 3. The van der Waals surface area contributed by atoms with Gasteiger partial charge in [0, 0.05) is 38.3 Å². The van der Waals surface area contributed by atoms with E-state index in [1.165, 1.54) is 0 Å². The summed E-state index contributed by atoms with van der Waals surface area (Å²) in [7, 11) is 0. The van der Waals surface area contributed by atoms with Crippen LogP contribution in [0.3, 0.4) is 0 Å². The summed E-state index contributed by atoms with van der Waals surface area (Å²) in [5.74, 6) is 0.481. The number of rotatable bonds is 2. The van der Waals surface area contributed by atoms with Gasteiger partial charge in [-0.2, -0.15) is 0 Å². The summed E-state index contributed by atoms with van der Waals surface area (Å²) in [6.07, 6.45) is 4.45. The first-order valence-corrected chi connectivity index (χ1v) is 8.40. The molecule has 3 rings (SSSR count). The van der Waals surface area contributed by atoms with Crippen LogP contribution in [0.25, 0.3) is 0 Å². The molecule has 1 N–H and O–H groups in total. The van der Waals surface area contributed by atoms with Crippen LogP contribution < -0.4 is 5.32 Å². The van der Waals surface area contributed by atoms with Crippen LogP contribution in [0.5, 0.6) is 0 Å². The zero-order valence-corrected chi connectivity index (χ0v) is 14.0. The number of carbonyl (C=O) groups excluding carboxylic acids is 2. The van der Waals surface area contributed by atoms with Gasteiger partial charge in [-0.15, -0.1) is 0 Å². The highest BCUT2D eigenvalue weighted by Crippen LogP contribution is 2.31. The van der Waals surface area contributed by atoms with Crippen molar-refractivity contribution in [2.75, 3.05) is 31.5 Å². The van der Waals surface area contributed by atoms with Gasteiger partial charge < -0.3 is 15.1 Å². The summed E-state index contributed by atoms with van der Waals surface area (Å²) in [4.78, 5) is 32.3. The maximum Gasteiger partial charge on any atom is 0.321 e. The van der Waals surface area contributed by atoms with Crippen molar-refractivity contribution < 1.29 is 9.59 Å². The maximum absolute atomic E-state index is 12.4. The first kappa shape index (κ1) is 16.1. The highest BCUT2D eigenvalue weighted by atomic mass is 35.5. The van der Waals surface area contributed by atoms with Crippen molar-refractivity contribution >= 4 is 29.2 Å². The van der Waals surface area contributed by atoms with E-state index in [0.29, 0.717) is 36.0 Å². The molecular weight excluding hydrogens is 316 g/mol. The number of carbonyl (C=O) groups is 2. The molecule has 124 valence electrons. The van der Waals surface area contributed by atoms with Gasteiger partial charge in [-0.05, 0) is 32.3 Å². The van der Waals surface area contributed by atoms with E-state index in [2.05, 4.69) is 10.3 Å².